The molecule has 1 aliphatic rings. The number of rotatable bonds is 5. The van der Waals surface area contributed by atoms with Crippen molar-refractivity contribution in [2.45, 2.75) is 13.8 Å². The van der Waals surface area contributed by atoms with Crippen molar-refractivity contribution >= 4 is 52.3 Å². The van der Waals surface area contributed by atoms with Crippen molar-refractivity contribution in [1.29, 1.82) is 0 Å². The van der Waals surface area contributed by atoms with E-state index in [9.17, 15) is 20.0 Å². The highest BCUT2D eigenvalue weighted by Gasteiger charge is 2.30. The molecule has 0 radical (unpaired) electrons. The summed E-state index contributed by atoms with van der Waals surface area (Å²) in [6.07, 6.45) is 1.45. The van der Waals surface area contributed by atoms with E-state index < -0.39 is 22.3 Å². The van der Waals surface area contributed by atoms with Gasteiger partial charge in [-0.15, -0.1) is 0 Å². The van der Waals surface area contributed by atoms with Crippen LogP contribution < -0.4 is 9.75 Å². The predicted octanol–water partition coefficient (Wildman–Crippen LogP) is 4.81. The molecular formula is C19H15Cl2N3O5. The van der Waals surface area contributed by atoms with Gasteiger partial charge in [-0.3, -0.25) is 14.9 Å². The molecule has 0 bridgehead atoms. The Morgan fingerprint density at radius 2 is 1.90 bits per heavy atom. The molecule has 29 heavy (non-hydrogen) atoms. The predicted molar refractivity (Wildman–Crippen MR) is 111 cm³/mol. The van der Waals surface area contributed by atoms with Crippen molar-refractivity contribution in [3.63, 3.8) is 0 Å². The third-order valence-corrected chi connectivity index (χ3v) is 4.48. The van der Waals surface area contributed by atoms with Crippen molar-refractivity contribution in [3.05, 3.63) is 61.6 Å². The first kappa shape index (κ1) is 20.6. The highest BCUT2D eigenvalue weighted by atomic mass is 35.5. The Balaban J connectivity index is 2.04. The zero-order valence-electron chi connectivity index (χ0n) is 15.3. The van der Waals surface area contributed by atoms with Crippen molar-refractivity contribution in [1.82, 2.24) is 0 Å². The van der Waals surface area contributed by atoms with E-state index >= 15 is 0 Å². The SMILES string of the molecule is CCOc1cc(/C=C2\C(=O)N(c3cc(Cl)cc(Cl)c3)N=C2C)cc([N+](=O)[O-])c1O. The minimum absolute atomic E-state index is 0.0490. The lowest BCUT2D eigenvalue weighted by molar-refractivity contribution is -0.386. The van der Waals surface area contributed by atoms with Crippen LogP contribution >= 0.6 is 23.2 Å². The van der Waals surface area contributed by atoms with E-state index in [1.54, 1.807) is 26.0 Å². The summed E-state index contributed by atoms with van der Waals surface area (Å²) in [6.45, 7) is 3.52. The van der Waals surface area contributed by atoms with E-state index in [4.69, 9.17) is 27.9 Å². The number of ether oxygens (including phenoxy) is 1. The Morgan fingerprint density at radius 1 is 1.24 bits per heavy atom. The van der Waals surface area contributed by atoms with Gasteiger partial charge in [-0.1, -0.05) is 23.2 Å². The Hall–Kier alpha value is -3.10. The zero-order chi connectivity index (χ0) is 21.3. The van der Waals surface area contributed by atoms with Gasteiger partial charge in [0.25, 0.3) is 5.91 Å². The van der Waals surface area contributed by atoms with Crippen LogP contribution in [-0.4, -0.2) is 28.3 Å². The van der Waals surface area contributed by atoms with Crippen LogP contribution in [0.25, 0.3) is 6.08 Å². The van der Waals surface area contributed by atoms with E-state index in [0.29, 0.717) is 27.0 Å². The fraction of sp³-hybridized carbons (Fsp3) is 0.158. The summed E-state index contributed by atoms with van der Waals surface area (Å²) >= 11 is 12.0. The largest absolute Gasteiger partial charge is 0.500 e. The summed E-state index contributed by atoms with van der Waals surface area (Å²) in [5.74, 6) is -1.07. The molecule has 2 aromatic carbocycles. The van der Waals surface area contributed by atoms with Crippen LogP contribution in [0.5, 0.6) is 11.5 Å². The van der Waals surface area contributed by atoms with E-state index in [2.05, 4.69) is 5.10 Å². The molecule has 0 fully saturated rings. The maximum absolute atomic E-state index is 12.9. The number of hydrazone groups is 1. The maximum atomic E-state index is 12.9. The molecule has 0 spiro atoms. The molecule has 1 amide bonds. The number of phenolic OH excluding ortho intramolecular Hbond substituents is 1. The van der Waals surface area contributed by atoms with E-state index in [1.807, 2.05) is 0 Å². The maximum Gasteiger partial charge on any atom is 0.315 e. The van der Waals surface area contributed by atoms with Crippen molar-refractivity contribution in [3.8, 4) is 11.5 Å². The van der Waals surface area contributed by atoms with Crippen molar-refractivity contribution in [2.24, 2.45) is 5.10 Å². The van der Waals surface area contributed by atoms with Crippen LogP contribution in [-0.2, 0) is 4.79 Å². The molecule has 2 aromatic rings. The number of phenols is 1. The normalized spacial score (nSPS) is 15.0. The molecule has 1 heterocycles. The van der Waals surface area contributed by atoms with Crippen molar-refractivity contribution in [2.75, 3.05) is 11.6 Å². The minimum atomic E-state index is -0.725. The molecular weight excluding hydrogens is 421 g/mol. The molecule has 1 N–H and O–H groups in total. The van der Waals surface area contributed by atoms with E-state index in [-0.39, 0.29) is 17.9 Å². The van der Waals surface area contributed by atoms with Crippen LogP contribution in [0.1, 0.15) is 19.4 Å². The number of anilines is 1. The lowest BCUT2D eigenvalue weighted by Gasteiger charge is -2.12. The molecule has 0 aliphatic carbocycles. The molecule has 3 rings (SSSR count). The van der Waals surface area contributed by atoms with Crippen LogP contribution in [0.4, 0.5) is 11.4 Å². The number of amides is 1. The second-order valence-corrected chi connectivity index (χ2v) is 6.94. The summed E-state index contributed by atoms with van der Waals surface area (Å²) in [4.78, 5) is 23.4. The minimum Gasteiger partial charge on any atom is -0.500 e. The molecule has 0 saturated heterocycles. The standard InChI is InChI=1S/C19H15Cl2N3O5/c1-3-29-17-6-11(5-16(18(17)25)24(27)28)4-15-10(2)22-23(19(15)26)14-8-12(20)7-13(21)9-14/h4-9,25H,3H2,1-2H3/b15-4-. The smallest absolute Gasteiger partial charge is 0.315 e. The summed E-state index contributed by atoms with van der Waals surface area (Å²) in [5, 5.41) is 27.3. The van der Waals surface area contributed by atoms with Gasteiger partial charge in [-0.25, -0.2) is 0 Å². The molecule has 0 saturated carbocycles. The van der Waals surface area contributed by atoms with Gasteiger partial charge < -0.3 is 9.84 Å². The van der Waals surface area contributed by atoms with Gasteiger partial charge in [0, 0.05) is 16.1 Å². The Labute approximate surface area is 175 Å². The summed E-state index contributed by atoms with van der Waals surface area (Å²) in [6, 6.07) is 7.20. The van der Waals surface area contributed by atoms with Gasteiger partial charge >= 0.3 is 5.69 Å². The number of hydrogen-bond acceptors (Lipinski definition) is 6. The highest BCUT2D eigenvalue weighted by Crippen LogP contribution is 2.38. The number of benzene rings is 2. The second kappa shape index (κ2) is 8.10. The molecule has 10 heteroatoms. The molecule has 8 nitrogen and oxygen atoms in total. The lowest BCUT2D eigenvalue weighted by atomic mass is 10.1. The topological polar surface area (TPSA) is 105 Å². The third-order valence-electron chi connectivity index (χ3n) is 4.04. The molecule has 150 valence electrons. The zero-order valence-corrected chi connectivity index (χ0v) is 16.9. The third kappa shape index (κ3) is 4.18. The highest BCUT2D eigenvalue weighted by molar-refractivity contribution is 6.36. The van der Waals surface area contributed by atoms with Gasteiger partial charge in [0.2, 0.25) is 5.75 Å². The molecule has 0 aromatic heterocycles. The van der Waals surface area contributed by atoms with Gasteiger partial charge in [0.15, 0.2) is 5.75 Å². The number of halogens is 2. The monoisotopic (exact) mass is 435 g/mol. The number of nitro benzene ring substituents is 1. The van der Waals surface area contributed by atoms with Crippen LogP contribution in [0.15, 0.2) is 41.0 Å². The lowest BCUT2D eigenvalue weighted by Crippen LogP contribution is -2.21. The first-order chi connectivity index (χ1) is 13.7. The van der Waals surface area contributed by atoms with Crippen LogP contribution in [0.2, 0.25) is 10.0 Å². The Bertz CT molecular complexity index is 1060. The number of hydrogen-bond donors (Lipinski definition) is 1. The van der Waals surface area contributed by atoms with Gasteiger partial charge in [-0.05, 0) is 49.8 Å². The average molecular weight is 436 g/mol. The summed E-state index contributed by atoms with van der Waals surface area (Å²) in [7, 11) is 0. The quantitative estimate of drug-likeness (QED) is 0.411. The van der Waals surface area contributed by atoms with Gasteiger partial charge in [0.05, 0.1) is 28.5 Å². The Kier molecular flexibility index (Phi) is 5.76. The van der Waals surface area contributed by atoms with Gasteiger partial charge in [0.1, 0.15) is 0 Å². The number of carbonyl (C=O) groups is 1. The fourth-order valence-corrected chi connectivity index (χ4v) is 3.30. The van der Waals surface area contributed by atoms with E-state index in [1.165, 1.54) is 18.2 Å². The molecule has 1 aliphatic heterocycles. The number of carbonyl (C=O) groups excluding carboxylic acids is 1. The number of nitro groups is 1. The average Bonchev–Trinajstić information content (AvgIpc) is 2.91. The second-order valence-electron chi connectivity index (χ2n) is 6.06. The number of aromatic hydroxyl groups is 1. The van der Waals surface area contributed by atoms with Crippen molar-refractivity contribution < 1.29 is 19.6 Å². The molecule has 0 unspecified atom stereocenters. The number of nitrogens with zero attached hydrogens (tertiary/aromatic N) is 3. The first-order valence-electron chi connectivity index (χ1n) is 8.43. The summed E-state index contributed by atoms with van der Waals surface area (Å²) in [5.41, 5.74) is 0.799. The van der Waals surface area contributed by atoms with Crippen LogP contribution in [0, 0.1) is 10.1 Å². The van der Waals surface area contributed by atoms with Crippen LogP contribution in [0.3, 0.4) is 0 Å². The van der Waals surface area contributed by atoms with Gasteiger partial charge in [-0.2, -0.15) is 10.1 Å². The first-order valence-corrected chi connectivity index (χ1v) is 9.19. The van der Waals surface area contributed by atoms with E-state index in [0.717, 1.165) is 11.1 Å². The Morgan fingerprint density at radius 3 is 2.48 bits per heavy atom. The summed E-state index contributed by atoms with van der Waals surface area (Å²) < 4.78 is 5.26. The fourth-order valence-electron chi connectivity index (χ4n) is 2.79. The molecule has 0 atom stereocenters.